The molecule has 0 bridgehead atoms. The first kappa shape index (κ1) is 21.9. The van der Waals surface area contributed by atoms with Crippen LogP contribution in [0.2, 0.25) is 5.02 Å². The molecule has 1 heterocycles. The van der Waals surface area contributed by atoms with Crippen LogP contribution in [0.3, 0.4) is 0 Å². The lowest BCUT2D eigenvalue weighted by Crippen LogP contribution is -2.30. The number of methoxy groups -OCH3 is 1. The number of nitrogens with zero attached hydrogens (tertiary/aromatic N) is 1. The van der Waals surface area contributed by atoms with E-state index in [4.69, 9.17) is 21.1 Å². The van der Waals surface area contributed by atoms with Crippen molar-refractivity contribution in [3.63, 3.8) is 0 Å². The topological polar surface area (TPSA) is 67.9 Å². The third-order valence-corrected chi connectivity index (χ3v) is 5.69. The first-order chi connectivity index (χ1) is 15.5. The predicted octanol–water partition coefficient (Wildman–Crippen LogP) is 5.79. The largest absolute Gasteiger partial charge is 0.493 e. The Balaban J connectivity index is 1.59. The predicted molar refractivity (Wildman–Crippen MR) is 127 cm³/mol. The van der Waals surface area contributed by atoms with Crippen LogP contribution in [0.5, 0.6) is 11.5 Å². The van der Waals surface area contributed by atoms with Crippen LogP contribution in [0.1, 0.15) is 11.1 Å². The second-order valence-corrected chi connectivity index (χ2v) is 8.20. The summed E-state index contributed by atoms with van der Waals surface area (Å²) in [5.74, 6) is 0.569. The van der Waals surface area contributed by atoms with Crippen molar-refractivity contribution in [1.82, 2.24) is 5.32 Å². The molecule has 8 heteroatoms. The van der Waals surface area contributed by atoms with Crippen LogP contribution in [-0.4, -0.2) is 19.0 Å². The monoisotopic (exact) mass is 512 g/mol. The summed E-state index contributed by atoms with van der Waals surface area (Å²) in [5, 5.41) is 3.04. The molecule has 32 heavy (non-hydrogen) atoms. The fraction of sp³-hybridized carbons (Fsp3) is 0.0833. The molecule has 3 amide bonds. The van der Waals surface area contributed by atoms with Crippen LogP contribution in [0.4, 0.5) is 10.5 Å². The molecule has 1 saturated heterocycles. The van der Waals surface area contributed by atoms with E-state index in [9.17, 15) is 9.59 Å². The summed E-state index contributed by atoms with van der Waals surface area (Å²) in [5.41, 5.74) is 2.20. The molecule has 3 aromatic carbocycles. The molecule has 0 atom stereocenters. The number of ether oxygens (including phenoxy) is 2. The summed E-state index contributed by atoms with van der Waals surface area (Å²) in [6, 6.07) is 19.3. The van der Waals surface area contributed by atoms with Gasteiger partial charge in [-0.1, -0.05) is 63.9 Å². The number of rotatable bonds is 6. The first-order valence-corrected chi connectivity index (χ1v) is 10.8. The molecule has 0 unspecified atom stereocenters. The number of carbonyl (C=O) groups is 2. The second kappa shape index (κ2) is 9.46. The molecule has 0 aliphatic carbocycles. The number of imide groups is 1. The number of carbonyl (C=O) groups excluding carboxylic acids is 2. The van der Waals surface area contributed by atoms with Gasteiger partial charge in [0.05, 0.1) is 12.8 Å². The van der Waals surface area contributed by atoms with E-state index in [0.29, 0.717) is 38.9 Å². The van der Waals surface area contributed by atoms with E-state index in [0.717, 1.165) is 10.5 Å². The average Bonchev–Trinajstić information content (AvgIpc) is 3.07. The summed E-state index contributed by atoms with van der Waals surface area (Å²) in [6.07, 6.45) is 1.58. The number of anilines is 1. The van der Waals surface area contributed by atoms with E-state index < -0.39 is 11.9 Å². The lowest BCUT2D eigenvalue weighted by Gasteiger charge is -2.13. The van der Waals surface area contributed by atoms with Crippen LogP contribution in [0.15, 0.2) is 76.9 Å². The maximum Gasteiger partial charge on any atom is 0.333 e. The van der Waals surface area contributed by atoms with Crippen LogP contribution >= 0.6 is 27.5 Å². The van der Waals surface area contributed by atoms with Crippen molar-refractivity contribution in [3.05, 3.63) is 93.0 Å². The molecule has 0 aromatic heterocycles. The van der Waals surface area contributed by atoms with E-state index >= 15 is 0 Å². The highest BCUT2D eigenvalue weighted by atomic mass is 79.9. The number of hydrogen-bond acceptors (Lipinski definition) is 4. The number of amides is 3. The molecule has 1 aliphatic heterocycles. The summed E-state index contributed by atoms with van der Waals surface area (Å²) in [7, 11) is 1.54. The zero-order valence-electron chi connectivity index (χ0n) is 17.0. The van der Waals surface area contributed by atoms with Gasteiger partial charge in [0, 0.05) is 9.50 Å². The van der Waals surface area contributed by atoms with Crippen molar-refractivity contribution in [1.29, 1.82) is 0 Å². The number of urea groups is 1. The first-order valence-electron chi connectivity index (χ1n) is 9.63. The maximum absolute atomic E-state index is 12.9. The van der Waals surface area contributed by atoms with Gasteiger partial charge in [-0.05, 0) is 47.5 Å². The SMILES string of the molecule is COc1cc(/C=C2/NC(=O)N(c3cccc(Cl)c3)C2=O)c(Br)cc1OCc1ccccc1. The molecular weight excluding hydrogens is 496 g/mol. The Hall–Kier alpha value is -3.29. The molecule has 0 radical (unpaired) electrons. The van der Waals surface area contributed by atoms with E-state index in [2.05, 4.69) is 21.2 Å². The Kier molecular flexibility index (Phi) is 6.48. The van der Waals surface area contributed by atoms with Crippen molar-refractivity contribution < 1.29 is 19.1 Å². The minimum Gasteiger partial charge on any atom is -0.493 e. The summed E-state index contributed by atoms with van der Waals surface area (Å²) < 4.78 is 12.1. The fourth-order valence-corrected chi connectivity index (χ4v) is 3.83. The minimum atomic E-state index is -0.547. The van der Waals surface area contributed by atoms with E-state index in [1.165, 1.54) is 0 Å². The maximum atomic E-state index is 12.9. The molecule has 0 saturated carbocycles. The zero-order valence-corrected chi connectivity index (χ0v) is 19.3. The van der Waals surface area contributed by atoms with Gasteiger partial charge < -0.3 is 14.8 Å². The number of benzene rings is 3. The van der Waals surface area contributed by atoms with Crippen LogP contribution in [0.25, 0.3) is 6.08 Å². The third kappa shape index (κ3) is 4.64. The number of hydrogen-bond donors (Lipinski definition) is 1. The van der Waals surface area contributed by atoms with Crippen molar-refractivity contribution in [3.8, 4) is 11.5 Å². The van der Waals surface area contributed by atoms with Gasteiger partial charge >= 0.3 is 6.03 Å². The molecule has 3 aromatic rings. The standard InChI is InChI=1S/C24H18BrClN2O4/c1-31-21-11-16(19(25)13-22(21)32-14-15-6-3-2-4-7-15)10-20-23(29)28(24(30)27-20)18-9-5-8-17(26)12-18/h2-13H,14H2,1H3,(H,27,30)/b20-10+. The van der Waals surface area contributed by atoms with Crippen molar-refractivity contribution >= 4 is 51.2 Å². The van der Waals surface area contributed by atoms with Gasteiger partial charge in [-0.3, -0.25) is 4.79 Å². The number of nitrogens with one attached hydrogen (secondary N) is 1. The van der Waals surface area contributed by atoms with Crippen molar-refractivity contribution in [2.24, 2.45) is 0 Å². The zero-order chi connectivity index (χ0) is 22.7. The highest BCUT2D eigenvalue weighted by Gasteiger charge is 2.35. The van der Waals surface area contributed by atoms with E-state index in [1.807, 2.05) is 30.3 Å². The molecular formula is C24H18BrClN2O4. The van der Waals surface area contributed by atoms with Gasteiger partial charge in [0.2, 0.25) is 0 Å². The quantitative estimate of drug-likeness (QED) is 0.335. The normalized spacial score (nSPS) is 14.6. The third-order valence-electron chi connectivity index (χ3n) is 4.76. The van der Waals surface area contributed by atoms with E-state index in [-0.39, 0.29) is 5.70 Å². The molecule has 4 rings (SSSR count). The Labute approximate surface area is 198 Å². The van der Waals surface area contributed by atoms with Gasteiger partial charge in [-0.2, -0.15) is 0 Å². The van der Waals surface area contributed by atoms with Crippen molar-refractivity contribution in [2.75, 3.05) is 12.0 Å². The second-order valence-electron chi connectivity index (χ2n) is 6.91. The summed E-state index contributed by atoms with van der Waals surface area (Å²) >= 11 is 9.52. The van der Waals surface area contributed by atoms with E-state index in [1.54, 1.807) is 49.6 Å². The van der Waals surface area contributed by atoms with Gasteiger partial charge in [0.15, 0.2) is 11.5 Å². The van der Waals surface area contributed by atoms with Crippen LogP contribution < -0.4 is 19.7 Å². The highest BCUT2D eigenvalue weighted by Crippen LogP contribution is 2.35. The lowest BCUT2D eigenvalue weighted by molar-refractivity contribution is -0.113. The van der Waals surface area contributed by atoms with Crippen LogP contribution in [0, 0.1) is 0 Å². The lowest BCUT2D eigenvalue weighted by atomic mass is 10.1. The summed E-state index contributed by atoms with van der Waals surface area (Å²) in [6.45, 7) is 0.382. The molecule has 1 aliphatic rings. The smallest absolute Gasteiger partial charge is 0.333 e. The molecule has 6 nitrogen and oxygen atoms in total. The Bertz CT molecular complexity index is 1210. The van der Waals surface area contributed by atoms with Gasteiger partial charge in [-0.25, -0.2) is 9.69 Å². The Morgan fingerprint density at radius 1 is 1.03 bits per heavy atom. The molecule has 162 valence electrons. The highest BCUT2D eigenvalue weighted by molar-refractivity contribution is 9.10. The molecule has 0 spiro atoms. The Morgan fingerprint density at radius 3 is 2.53 bits per heavy atom. The fourth-order valence-electron chi connectivity index (χ4n) is 3.21. The van der Waals surface area contributed by atoms with Gasteiger partial charge in [0.25, 0.3) is 5.91 Å². The van der Waals surface area contributed by atoms with Crippen molar-refractivity contribution in [2.45, 2.75) is 6.61 Å². The number of halogens is 2. The summed E-state index contributed by atoms with van der Waals surface area (Å²) in [4.78, 5) is 26.4. The van der Waals surface area contributed by atoms with Crippen LogP contribution in [-0.2, 0) is 11.4 Å². The van der Waals surface area contributed by atoms with Gasteiger partial charge in [-0.15, -0.1) is 0 Å². The average molecular weight is 514 g/mol. The molecule has 1 N–H and O–H groups in total. The molecule has 1 fully saturated rings. The Morgan fingerprint density at radius 2 is 1.81 bits per heavy atom. The van der Waals surface area contributed by atoms with Gasteiger partial charge in [0.1, 0.15) is 12.3 Å². The minimum absolute atomic E-state index is 0.135.